The van der Waals surface area contributed by atoms with Gasteiger partial charge in [0.25, 0.3) is 10.0 Å². The van der Waals surface area contributed by atoms with Gasteiger partial charge in [0, 0.05) is 18.0 Å². The molecular weight excluding hydrogens is 284 g/mol. The van der Waals surface area contributed by atoms with E-state index in [-0.39, 0.29) is 16.7 Å². The van der Waals surface area contributed by atoms with E-state index >= 15 is 0 Å². The van der Waals surface area contributed by atoms with Gasteiger partial charge in [-0.15, -0.1) is 11.3 Å². The standard InChI is InChI=1S/C12H18N2O3S2/c1-2-10-5-6-12(18-10)19(16,17)13-9-11(15)14-7-3-4-8-14/h5-6,13H,2-4,7-9H2,1H3. The summed E-state index contributed by atoms with van der Waals surface area (Å²) in [5.41, 5.74) is 0. The van der Waals surface area contributed by atoms with E-state index in [9.17, 15) is 13.2 Å². The van der Waals surface area contributed by atoms with E-state index in [1.165, 1.54) is 11.3 Å². The highest BCUT2D eigenvalue weighted by Gasteiger charge is 2.21. The molecule has 0 saturated carbocycles. The second kappa shape index (κ2) is 6.02. The van der Waals surface area contributed by atoms with Gasteiger partial charge >= 0.3 is 0 Å². The Hall–Kier alpha value is -0.920. The quantitative estimate of drug-likeness (QED) is 0.889. The summed E-state index contributed by atoms with van der Waals surface area (Å²) in [5, 5.41) is 0. The van der Waals surface area contributed by atoms with Crippen molar-refractivity contribution in [2.75, 3.05) is 19.6 Å². The van der Waals surface area contributed by atoms with Crippen LogP contribution in [0.15, 0.2) is 16.3 Å². The van der Waals surface area contributed by atoms with E-state index in [1.807, 2.05) is 13.0 Å². The lowest BCUT2D eigenvalue weighted by atomic mass is 10.4. The maximum atomic E-state index is 12.0. The number of likely N-dealkylation sites (tertiary alicyclic amines) is 1. The van der Waals surface area contributed by atoms with Crippen molar-refractivity contribution in [3.8, 4) is 0 Å². The number of sulfonamides is 1. The van der Waals surface area contributed by atoms with Gasteiger partial charge in [0.15, 0.2) is 0 Å². The summed E-state index contributed by atoms with van der Waals surface area (Å²) in [4.78, 5) is 14.5. The number of thiophene rings is 1. The predicted octanol–water partition coefficient (Wildman–Crippen LogP) is 1.21. The van der Waals surface area contributed by atoms with Crippen LogP contribution in [0.2, 0.25) is 0 Å². The molecule has 0 unspecified atom stereocenters. The lowest BCUT2D eigenvalue weighted by molar-refractivity contribution is -0.128. The Morgan fingerprint density at radius 2 is 2.05 bits per heavy atom. The minimum Gasteiger partial charge on any atom is -0.342 e. The topological polar surface area (TPSA) is 66.5 Å². The first-order chi connectivity index (χ1) is 9.03. The van der Waals surface area contributed by atoms with Crippen LogP contribution in [0.3, 0.4) is 0 Å². The fraction of sp³-hybridized carbons (Fsp3) is 0.583. The number of hydrogen-bond acceptors (Lipinski definition) is 4. The molecule has 1 aliphatic rings. The molecule has 1 fully saturated rings. The summed E-state index contributed by atoms with van der Waals surface area (Å²) in [6.07, 6.45) is 2.82. The molecule has 0 bridgehead atoms. The Morgan fingerprint density at radius 3 is 2.63 bits per heavy atom. The highest BCUT2D eigenvalue weighted by Crippen LogP contribution is 2.21. The molecule has 2 heterocycles. The summed E-state index contributed by atoms with van der Waals surface area (Å²) in [6, 6.07) is 3.40. The number of rotatable bonds is 5. The highest BCUT2D eigenvalue weighted by molar-refractivity contribution is 7.91. The van der Waals surface area contributed by atoms with Crippen molar-refractivity contribution in [2.45, 2.75) is 30.4 Å². The molecule has 106 valence electrons. The third kappa shape index (κ3) is 3.55. The number of amides is 1. The molecule has 1 saturated heterocycles. The Morgan fingerprint density at radius 1 is 1.37 bits per heavy atom. The van der Waals surface area contributed by atoms with Gasteiger partial charge in [-0.25, -0.2) is 13.1 Å². The van der Waals surface area contributed by atoms with Crippen LogP contribution in [0.1, 0.15) is 24.6 Å². The lowest BCUT2D eigenvalue weighted by Gasteiger charge is -2.15. The summed E-state index contributed by atoms with van der Waals surface area (Å²) >= 11 is 1.25. The first-order valence-corrected chi connectivity index (χ1v) is 8.69. The fourth-order valence-corrected chi connectivity index (χ4v) is 4.31. The number of carbonyl (C=O) groups is 1. The molecule has 7 heteroatoms. The van der Waals surface area contributed by atoms with Crippen molar-refractivity contribution in [2.24, 2.45) is 0 Å². The van der Waals surface area contributed by atoms with Crippen molar-refractivity contribution >= 4 is 27.3 Å². The van der Waals surface area contributed by atoms with E-state index in [4.69, 9.17) is 0 Å². The molecule has 1 aromatic rings. The monoisotopic (exact) mass is 302 g/mol. The molecule has 1 N–H and O–H groups in total. The minimum atomic E-state index is -3.55. The highest BCUT2D eigenvalue weighted by atomic mass is 32.2. The first kappa shape index (κ1) is 14.5. The Bertz CT molecular complexity index is 545. The van der Waals surface area contributed by atoms with Crippen LogP contribution in [0, 0.1) is 0 Å². The van der Waals surface area contributed by atoms with Crippen molar-refractivity contribution in [3.05, 3.63) is 17.0 Å². The molecule has 0 atom stereocenters. The molecule has 0 radical (unpaired) electrons. The third-order valence-corrected chi connectivity index (χ3v) is 6.25. The van der Waals surface area contributed by atoms with Gasteiger partial charge in [-0.3, -0.25) is 4.79 Å². The van der Waals surface area contributed by atoms with Crippen molar-refractivity contribution in [3.63, 3.8) is 0 Å². The SMILES string of the molecule is CCc1ccc(S(=O)(=O)NCC(=O)N2CCCC2)s1. The van der Waals surface area contributed by atoms with Gasteiger partial charge < -0.3 is 4.90 Å². The zero-order valence-electron chi connectivity index (χ0n) is 10.9. The largest absolute Gasteiger partial charge is 0.342 e. The van der Waals surface area contributed by atoms with Crippen molar-refractivity contribution in [1.82, 2.24) is 9.62 Å². The van der Waals surface area contributed by atoms with Gasteiger partial charge in [-0.1, -0.05) is 6.92 Å². The van der Waals surface area contributed by atoms with Gasteiger partial charge in [-0.2, -0.15) is 0 Å². The van der Waals surface area contributed by atoms with Crippen LogP contribution in [0.5, 0.6) is 0 Å². The molecule has 0 aromatic carbocycles. The van der Waals surface area contributed by atoms with E-state index < -0.39 is 10.0 Å². The second-order valence-electron chi connectivity index (χ2n) is 4.49. The molecule has 0 spiro atoms. The van der Waals surface area contributed by atoms with Crippen molar-refractivity contribution < 1.29 is 13.2 Å². The van der Waals surface area contributed by atoms with E-state index in [0.29, 0.717) is 0 Å². The van der Waals surface area contributed by atoms with Crippen LogP contribution in [-0.2, 0) is 21.2 Å². The van der Waals surface area contributed by atoms with Gasteiger partial charge in [0.05, 0.1) is 6.54 Å². The minimum absolute atomic E-state index is 0.145. The van der Waals surface area contributed by atoms with E-state index in [1.54, 1.807) is 11.0 Å². The maximum Gasteiger partial charge on any atom is 0.250 e. The van der Waals surface area contributed by atoms with Crippen LogP contribution in [0.4, 0.5) is 0 Å². The Labute approximate surface area is 117 Å². The normalized spacial score (nSPS) is 15.9. The molecule has 1 amide bonds. The average molecular weight is 302 g/mol. The van der Waals surface area contributed by atoms with Crippen LogP contribution < -0.4 is 4.72 Å². The maximum absolute atomic E-state index is 12.0. The van der Waals surface area contributed by atoms with E-state index in [2.05, 4.69) is 4.72 Å². The zero-order chi connectivity index (χ0) is 13.9. The molecule has 19 heavy (non-hydrogen) atoms. The van der Waals surface area contributed by atoms with Crippen LogP contribution in [-0.4, -0.2) is 38.9 Å². The second-order valence-corrected chi connectivity index (χ2v) is 7.65. The number of nitrogens with one attached hydrogen (secondary N) is 1. The van der Waals surface area contributed by atoms with Gasteiger partial charge in [-0.05, 0) is 31.4 Å². The third-order valence-electron chi connectivity index (χ3n) is 3.12. The number of aryl methyl sites for hydroxylation is 1. The van der Waals surface area contributed by atoms with E-state index in [0.717, 1.165) is 37.2 Å². The van der Waals surface area contributed by atoms with Gasteiger partial charge in [0.2, 0.25) is 5.91 Å². The molecular formula is C12H18N2O3S2. The summed E-state index contributed by atoms with van der Waals surface area (Å²) in [5.74, 6) is -0.145. The van der Waals surface area contributed by atoms with Gasteiger partial charge in [0.1, 0.15) is 4.21 Å². The lowest BCUT2D eigenvalue weighted by Crippen LogP contribution is -2.38. The first-order valence-electron chi connectivity index (χ1n) is 6.39. The predicted molar refractivity (Wildman–Crippen MR) is 74.7 cm³/mol. The van der Waals surface area contributed by atoms with Crippen molar-refractivity contribution in [1.29, 1.82) is 0 Å². The molecule has 0 aliphatic carbocycles. The molecule has 2 rings (SSSR count). The van der Waals surface area contributed by atoms with Crippen LogP contribution in [0.25, 0.3) is 0 Å². The smallest absolute Gasteiger partial charge is 0.250 e. The summed E-state index contributed by atoms with van der Waals surface area (Å²) in [7, 11) is -3.55. The summed E-state index contributed by atoms with van der Waals surface area (Å²) < 4.78 is 26.7. The molecule has 1 aromatic heterocycles. The fourth-order valence-electron chi connectivity index (χ4n) is 2.00. The van der Waals surface area contributed by atoms with Crippen LogP contribution >= 0.6 is 11.3 Å². The number of nitrogens with zero attached hydrogens (tertiary/aromatic N) is 1. The Balaban J connectivity index is 1.95. The zero-order valence-corrected chi connectivity index (χ0v) is 12.5. The summed E-state index contributed by atoms with van der Waals surface area (Å²) in [6.45, 7) is 3.30. The number of hydrogen-bond donors (Lipinski definition) is 1. The molecule has 5 nitrogen and oxygen atoms in total. The molecule has 1 aliphatic heterocycles. The average Bonchev–Trinajstić information content (AvgIpc) is 3.06. The number of carbonyl (C=O) groups excluding carboxylic acids is 1. The Kier molecular flexibility index (Phi) is 4.59.